The number of ether oxygens (including phenoxy) is 1. The number of nitrogens with zero attached hydrogens (tertiary/aromatic N) is 3. The molecule has 8 heteroatoms. The molecule has 0 spiro atoms. The largest absolute Gasteiger partial charge is 0.474 e. The Morgan fingerprint density at radius 3 is 2.68 bits per heavy atom. The number of carbonyl (C=O) groups is 1. The zero-order valence-electron chi connectivity index (χ0n) is 22.0. The second-order valence-electron chi connectivity index (χ2n) is 11.8. The van der Waals surface area contributed by atoms with Crippen molar-refractivity contribution in [2.24, 2.45) is 11.8 Å². The zero-order chi connectivity index (χ0) is 25.7. The van der Waals surface area contributed by atoms with Crippen LogP contribution in [-0.2, 0) is 0 Å². The highest BCUT2D eigenvalue weighted by molar-refractivity contribution is 5.97. The average molecular weight is 504 g/mol. The van der Waals surface area contributed by atoms with Crippen LogP contribution in [0.4, 0.5) is 5.82 Å². The zero-order valence-corrected chi connectivity index (χ0v) is 22.0. The highest BCUT2D eigenvalue weighted by Gasteiger charge is 2.38. The lowest BCUT2D eigenvalue weighted by atomic mass is 9.72. The molecule has 196 valence electrons. The fourth-order valence-corrected chi connectivity index (χ4v) is 5.94. The number of amides is 1. The molecule has 3 N–H and O–H groups in total. The molecule has 2 heterocycles. The number of anilines is 1. The molecular weight excluding hydrogens is 466 g/mol. The molecule has 2 unspecified atom stereocenters. The first-order valence-electron chi connectivity index (χ1n) is 13.7. The predicted octanol–water partition coefficient (Wildman–Crippen LogP) is 4.74. The first-order chi connectivity index (χ1) is 17.8. The number of carbonyl (C=O) groups excluding carboxylic acids is 1. The predicted molar refractivity (Wildman–Crippen MR) is 143 cm³/mol. The summed E-state index contributed by atoms with van der Waals surface area (Å²) >= 11 is 0. The third-order valence-electron chi connectivity index (χ3n) is 8.27. The van der Waals surface area contributed by atoms with Gasteiger partial charge in [-0.2, -0.15) is 14.6 Å². The molecule has 3 aliphatic carbocycles. The third-order valence-corrected chi connectivity index (χ3v) is 8.27. The van der Waals surface area contributed by atoms with Crippen molar-refractivity contribution in [1.29, 1.82) is 0 Å². The molecule has 3 aliphatic rings. The van der Waals surface area contributed by atoms with Crippen LogP contribution in [0.25, 0.3) is 16.8 Å². The van der Waals surface area contributed by atoms with Crippen molar-refractivity contribution in [3.8, 4) is 17.0 Å². The lowest BCUT2D eigenvalue weighted by Crippen LogP contribution is -2.43. The molecule has 6 rings (SSSR count). The number of hydrogen-bond donors (Lipinski definition) is 3. The Kier molecular flexibility index (Phi) is 6.10. The molecule has 0 aliphatic heterocycles. The Labute approximate surface area is 217 Å². The van der Waals surface area contributed by atoms with E-state index in [1.54, 1.807) is 0 Å². The van der Waals surface area contributed by atoms with Gasteiger partial charge in [0.2, 0.25) is 5.88 Å². The van der Waals surface area contributed by atoms with Crippen LogP contribution in [0, 0.1) is 18.8 Å². The summed E-state index contributed by atoms with van der Waals surface area (Å²) in [6.07, 6.45) is 9.17. The van der Waals surface area contributed by atoms with Crippen LogP contribution in [-0.4, -0.2) is 49.9 Å². The van der Waals surface area contributed by atoms with Gasteiger partial charge in [-0.15, -0.1) is 0 Å². The van der Waals surface area contributed by atoms with Crippen molar-refractivity contribution >= 4 is 17.4 Å². The van der Waals surface area contributed by atoms with Crippen molar-refractivity contribution in [2.75, 3.05) is 11.9 Å². The number of hydrogen-bond acceptors (Lipinski definition) is 6. The summed E-state index contributed by atoms with van der Waals surface area (Å²) in [5, 5.41) is 21.4. The highest BCUT2D eigenvalue weighted by atomic mass is 16.5. The Morgan fingerprint density at radius 2 is 2.00 bits per heavy atom. The minimum atomic E-state index is -0.548. The number of rotatable bonds is 8. The van der Waals surface area contributed by atoms with E-state index in [4.69, 9.17) is 9.72 Å². The quantitative estimate of drug-likeness (QED) is 0.411. The average Bonchev–Trinajstić information content (AvgIpc) is 3.20. The molecule has 0 saturated heterocycles. The van der Waals surface area contributed by atoms with Gasteiger partial charge in [-0.1, -0.05) is 19.1 Å². The van der Waals surface area contributed by atoms with Crippen LogP contribution in [0.5, 0.6) is 5.88 Å². The van der Waals surface area contributed by atoms with Crippen LogP contribution < -0.4 is 15.4 Å². The Morgan fingerprint density at radius 1 is 1.24 bits per heavy atom. The summed E-state index contributed by atoms with van der Waals surface area (Å²) in [5.41, 5.74) is 3.68. The number of aryl methyl sites for hydroxylation is 1. The first kappa shape index (κ1) is 24.2. The van der Waals surface area contributed by atoms with Gasteiger partial charge in [0.1, 0.15) is 11.9 Å². The van der Waals surface area contributed by atoms with Gasteiger partial charge in [-0.3, -0.25) is 4.79 Å². The molecule has 2 aromatic heterocycles. The normalized spacial score (nSPS) is 27.2. The van der Waals surface area contributed by atoms with Crippen LogP contribution in [0.3, 0.4) is 0 Å². The number of aromatic nitrogens is 3. The van der Waals surface area contributed by atoms with Crippen LogP contribution in [0.2, 0.25) is 0 Å². The second kappa shape index (κ2) is 9.31. The van der Waals surface area contributed by atoms with Crippen LogP contribution >= 0.6 is 0 Å². The van der Waals surface area contributed by atoms with E-state index in [1.165, 1.54) is 12.8 Å². The molecule has 8 nitrogen and oxygen atoms in total. The van der Waals surface area contributed by atoms with E-state index in [0.29, 0.717) is 29.3 Å². The summed E-state index contributed by atoms with van der Waals surface area (Å²) in [6.45, 7) is 6.78. The second-order valence-corrected chi connectivity index (χ2v) is 11.8. The standard InChI is InChI=1S/C29H37N5O3/c1-17-10-20(8-9-22(17)28(35)32-24-11-18(24)2)23-16-31-34-25(30-15-19-13-29(3,36)14-19)12-26(33-27(23)34)37-21-6-4-5-7-21/h8-10,12,16,18-19,21,24,30,36H,4-7,11,13-15H2,1-3H3,(H,32,35)/t18?,19-,24?,29+. The number of nitrogens with one attached hydrogen (secondary N) is 2. The van der Waals surface area contributed by atoms with Gasteiger partial charge >= 0.3 is 0 Å². The summed E-state index contributed by atoms with van der Waals surface area (Å²) in [7, 11) is 0. The maximum Gasteiger partial charge on any atom is 0.251 e. The van der Waals surface area contributed by atoms with E-state index in [9.17, 15) is 9.90 Å². The van der Waals surface area contributed by atoms with E-state index >= 15 is 0 Å². The summed E-state index contributed by atoms with van der Waals surface area (Å²) in [6, 6.07) is 8.15. The lowest BCUT2D eigenvalue weighted by Gasteiger charge is -2.41. The molecule has 1 amide bonds. The number of fused-ring (bicyclic) bond motifs is 1. The van der Waals surface area contributed by atoms with Gasteiger partial charge in [0.15, 0.2) is 5.65 Å². The van der Waals surface area contributed by atoms with Gasteiger partial charge in [0.25, 0.3) is 5.91 Å². The van der Waals surface area contributed by atoms with Gasteiger partial charge in [-0.05, 0) is 87.8 Å². The summed E-state index contributed by atoms with van der Waals surface area (Å²) < 4.78 is 8.14. The molecular formula is C29H37N5O3. The summed E-state index contributed by atoms with van der Waals surface area (Å²) in [4.78, 5) is 17.6. The van der Waals surface area contributed by atoms with Crippen molar-refractivity contribution in [1.82, 2.24) is 19.9 Å². The fraction of sp³-hybridized carbons (Fsp3) is 0.552. The first-order valence-corrected chi connectivity index (χ1v) is 13.7. The van der Waals surface area contributed by atoms with Gasteiger partial charge in [0.05, 0.1) is 11.8 Å². The molecule has 37 heavy (non-hydrogen) atoms. The monoisotopic (exact) mass is 503 g/mol. The molecule has 2 atom stereocenters. The molecule has 0 bridgehead atoms. The van der Waals surface area contributed by atoms with Gasteiger partial charge in [0, 0.05) is 29.8 Å². The molecule has 3 aromatic rings. The smallest absolute Gasteiger partial charge is 0.251 e. The molecule has 3 saturated carbocycles. The van der Waals surface area contributed by atoms with Crippen molar-refractivity contribution in [3.05, 3.63) is 41.6 Å². The minimum absolute atomic E-state index is 0.00917. The number of benzene rings is 1. The number of aliphatic hydroxyl groups is 1. The van der Waals surface area contributed by atoms with E-state index in [1.807, 2.05) is 48.8 Å². The maximum atomic E-state index is 12.7. The van der Waals surface area contributed by atoms with Gasteiger partial charge < -0.3 is 20.5 Å². The highest BCUT2D eigenvalue weighted by Crippen LogP contribution is 2.38. The van der Waals surface area contributed by atoms with E-state index in [0.717, 1.165) is 66.8 Å². The maximum absolute atomic E-state index is 12.7. The van der Waals surface area contributed by atoms with Crippen molar-refractivity contribution in [3.63, 3.8) is 0 Å². The third kappa shape index (κ3) is 5.04. The van der Waals surface area contributed by atoms with E-state index in [-0.39, 0.29) is 12.0 Å². The fourth-order valence-electron chi connectivity index (χ4n) is 5.94. The van der Waals surface area contributed by atoms with Crippen molar-refractivity contribution < 1.29 is 14.6 Å². The SMILES string of the molecule is Cc1cc(-c2cnn3c(NC[C@H]4C[C@@](C)(O)C4)cc(OC4CCCC4)nc23)ccc1C(=O)NC1CC1C. The van der Waals surface area contributed by atoms with Crippen LogP contribution in [0.15, 0.2) is 30.5 Å². The minimum Gasteiger partial charge on any atom is -0.474 e. The Hall–Kier alpha value is -3.13. The topological polar surface area (TPSA) is 101 Å². The Balaban J connectivity index is 1.29. The molecule has 0 radical (unpaired) electrons. The Bertz CT molecular complexity index is 1320. The van der Waals surface area contributed by atoms with Gasteiger partial charge in [-0.25, -0.2) is 0 Å². The van der Waals surface area contributed by atoms with E-state index < -0.39 is 5.60 Å². The summed E-state index contributed by atoms with van der Waals surface area (Å²) in [5.74, 6) is 2.42. The van der Waals surface area contributed by atoms with Crippen molar-refractivity contribution in [2.45, 2.75) is 83.5 Å². The van der Waals surface area contributed by atoms with E-state index in [2.05, 4.69) is 22.7 Å². The molecule has 1 aromatic carbocycles. The van der Waals surface area contributed by atoms with Crippen LogP contribution in [0.1, 0.15) is 74.7 Å². The molecule has 3 fully saturated rings. The lowest BCUT2D eigenvalue weighted by molar-refractivity contribution is -0.0524.